The normalized spacial score (nSPS) is 8.95. The van der Waals surface area contributed by atoms with Crippen molar-refractivity contribution >= 4 is 29.0 Å². The van der Waals surface area contributed by atoms with Crippen molar-refractivity contribution in [2.24, 2.45) is 5.14 Å². The zero-order chi connectivity index (χ0) is 16.8. The van der Waals surface area contributed by atoms with Gasteiger partial charge >= 0.3 is 0 Å². The summed E-state index contributed by atoms with van der Waals surface area (Å²) in [4.78, 5) is 3.32. The highest BCUT2D eigenvalue weighted by molar-refractivity contribution is 7.97. The molecule has 0 bridgehead atoms. The molecule has 0 unspecified atom stereocenters. The van der Waals surface area contributed by atoms with Crippen molar-refractivity contribution in [2.75, 3.05) is 11.9 Å². The van der Waals surface area contributed by atoms with Crippen molar-refractivity contribution in [3.63, 3.8) is 0 Å². The van der Waals surface area contributed by atoms with Gasteiger partial charge in [0.1, 0.15) is 0 Å². The first-order valence-electron chi connectivity index (χ1n) is 7.51. The third-order valence-electron chi connectivity index (χ3n) is 2.70. The second-order valence-electron chi connectivity index (χ2n) is 4.30. The van der Waals surface area contributed by atoms with Gasteiger partial charge in [0.15, 0.2) is 0 Å². The van der Waals surface area contributed by atoms with E-state index in [0.717, 1.165) is 17.9 Å². The van der Waals surface area contributed by atoms with Gasteiger partial charge in [0.05, 0.1) is 0 Å². The van der Waals surface area contributed by atoms with E-state index in [9.17, 15) is 0 Å². The fourth-order valence-electron chi connectivity index (χ4n) is 1.53. The van der Waals surface area contributed by atoms with Crippen molar-refractivity contribution in [3.05, 3.63) is 59.3 Å². The van der Waals surface area contributed by atoms with Gasteiger partial charge in [-0.3, -0.25) is 5.14 Å². The van der Waals surface area contributed by atoms with Gasteiger partial charge in [-0.15, -0.1) is 6.58 Å². The lowest BCUT2D eigenvalue weighted by Gasteiger charge is -2.18. The van der Waals surface area contributed by atoms with Crippen LogP contribution >= 0.6 is 23.3 Å². The fraction of sp³-hybridized carbons (Fsp3) is 0.333. The molecule has 0 aliphatic carbocycles. The van der Waals surface area contributed by atoms with Crippen LogP contribution in [0.3, 0.4) is 0 Å². The largest absolute Gasteiger partial charge is 0.370 e. The van der Waals surface area contributed by atoms with Crippen LogP contribution in [0, 0.1) is 0 Å². The second-order valence-corrected chi connectivity index (χ2v) is 5.78. The molecule has 1 heterocycles. The van der Waals surface area contributed by atoms with Crippen LogP contribution in [0.15, 0.2) is 58.6 Å². The molecule has 0 aliphatic heterocycles. The first kappa shape index (κ1) is 20.8. The average molecular weight is 337 g/mol. The maximum atomic E-state index is 5.49. The molecule has 0 atom stereocenters. The van der Waals surface area contributed by atoms with Crippen LogP contribution in [-0.2, 0) is 6.54 Å². The van der Waals surface area contributed by atoms with Gasteiger partial charge in [-0.1, -0.05) is 26.8 Å². The zero-order valence-corrected chi connectivity index (χ0v) is 15.7. The molecule has 2 rings (SSSR count). The Morgan fingerprint density at radius 1 is 1.23 bits per heavy atom. The summed E-state index contributed by atoms with van der Waals surface area (Å²) in [6.07, 6.45) is 2.96. The van der Waals surface area contributed by atoms with Crippen molar-refractivity contribution in [2.45, 2.75) is 38.6 Å². The van der Waals surface area contributed by atoms with Gasteiger partial charge in [-0.05, 0) is 65.0 Å². The maximum absolute atomic E-state index is 5.49. The first-order valence-corrected chi connectivity index (χ1v) is 9.33. The van der Waals surface area contributed by atoms with Crippen molar-refractivity contribution in [1.29, 1.82) is 0 Å². The highest BCUT2D eigenvalue weighted by Crippen LogP contribution is 2.20. The average Bonchev–Trinajstić information content (AvgIpc) is 3.10. The molecule has 22 heavy (non-hydrogen) atoms. The summed E-state index contributed by atoms with van der Waals surface area (Å²) >= 11 is 3.01. The molecule has 0 saturated heterocycles. The number of allylic oxidation sites excluding steroid dienone is 1. The summed E-state index contributed by atoms with van der Waals surface area (Å²) in [7, 11) is 2.10. The molecule has 1 aromatic heterocycles. The maximum Gasteiger partial charge on any atom is 0.0434 e. The molecule has 4 heteroatoms. The number of thiophene rings is 1. The van der Waals surface area contributed by atoms with Crippen LogP contribution in [-0.4, -0.2) is 7.05 Å². The summed E-state index contributed by atoms with van der Waals surface area (Å²) in [5.41, 5.74) is 2.56. The van der Waals surface area contributed by atoms with E-state index in [-0.39, 0.29) is 0 Å². The van der Waals surface area contributed by atoms with Crippen molar-refractivity contribution in [3.8, 4) is 0 Å². The van der Waals surface area contributed by atoms with Crippen LogP contribution in [0.4, 0.5) is 5.69 Å². The summed E-state index contributed by atoms with van der Waals surface area (Å²) in [6, 6.07) is 10.4. The van der Waals surface area contributed by atoms with Gasteiger partial charge in [-0.25, -0.2) is 0 Å². The van der Waals surface area contributed by atoms with E-state index < -0.39 is 0 Å². The van der Waals surface area contributed by atoms with Crippen LogP contribution in [0.5, 0.6) is 0 Å². The lowest BCUT2D eigenvalue weighted by molar-refractivity contribution is 0.926. The molecule has 1 aromatic carbocycles. The van der Waals surface area contributed by atoms with Gasteiger partial charge in [0, 0.05) is 24.2 Å². The van der Waals surface area contributed by atoms with Crippen LogP contribution in [0.25, 0.3) is 0 Å². The summed E-state index contributed by atoms with van der Waals surface area (Å²) in [5.74, 6) is 0. The number of rotatable bonds is 5. The van der Waals surface area contributed by atoms with Crippen molar-refractivity contribution < 1.29 is 0 Å². The molecular weight excluding hydrogens is 308 g/mol. The number of anilines is 1. The highest BCUT2D eigenvalue weighted by atomic mass is 32.2. The van der Waals surface area contributed by atoms with E-state index in [1.54, 1.807) is 11.3 Å². The third kappa shape index (κ3) is 8.27. The third-order valence-corrected chi connectivity index (χ3v) is 3.98. The number of nitrogens with zero attached hydrogens (tertiary/aromatic N) is 1. The number of hydrogen-bond donors (Lipinski definition) is 1. The Kier molecular flexibility index (Phi) is 12.7. The summed E-state index contributed by atoms with van der Waals surface area (Å²) in [5, 5.41) is 9.78. The lowest BCUT2D eigenvalue weighted by atomic mass is 10.2. The van der Waals surface area contributed by atoms with Crippen LogP contribution in [0.2, 0.25) is 0 Å². The minimum Gasteiger partial charge on any atom is -0.370 e. The minimum absolute atomic E-state index is 0.943. The lowest BCUT2D eigenvalue weighted by Crippen LogP contribution is -2.15. The standard InChI is InChI=1S/C12H14N2S2.C4H8.C2H6/c1-14(8-10-6-7-15-9-10)11-2-4-12(16-13)5-3-11;1-3-4-2;1-2/h2-7,9H,8,13H2,1H3;3H,1,4H2,2H3;1-2H3. The predicted octanol–water partition coefficient (Wildman–Crippen LogP) is 5.96. The fourth-order valence-corrected chi connectivity index (χ4v) is 2.48. The molecule has 0 spiro atoms. The summed E-state index contributed by atoms with van der Waals surface area (Å²) < 4.78 is 0. The van der Waals surface area contributed by atoms with E-state index in [1.807, 2.05) is 32.1 Å². The highest BCUT2D eigenvalue weighted by Gasteiger charge is 2.02. The Morgan fingerprint density at radius 3 is 2.23 bits per heavy atom. The van der Waals surface area contributed by atoms with Crippen LogP contribution < -0.4 is 10.0 Å². The monoisotopic (exact) mass is 336 g/mol. The zero-order valence-electron chi connectivity index (χ0n) is 14.1. The topological polar surface area (TPSA) is 29.3 Å². The molecule has 0 fully saturated rings. The van der Waals surface area contributed by atoms with Gasteiger partial charge in [0.25, 0.3) is 0 Å². The molecular formula is C18H28N2S2. The molecule has 122 valence electrons. The smallest absolute Gasteiger partial charge is 0.0434 e. The molecule has 0 radical (unpaired) electrons. The van der Waals surface area contributed by atoms with Gasteiger partial charge < -0.3 is 4.90 Å². The molecule has 2 N–H and O–H groups in total. The minimum atomic E-state index is 0.943. The Labute approximate surface area is 144 Å². The Bertz CT molecular complexity index is 478. The SMILES string of the molecule is C=CCC.CC.CN(Cc1ccsc1)c1ccc(SN)cc1. The number of benzene rings is 1. The predicted molar refractivity (Wildman–Crippen MR) is 105 cm³/mol. The molecule has 0 amide bonds. The Hall–Kier alpha value is -1.23. The summed E-state index contributed by atoms with van der Waals surface area (Å²) in [6.45, 7) is 10.5. The first-order chi connectivity index (χ1) is 10.7. The van der Waals surface area contributed by atoms with E-state index in [1.165, 1.54) is 23.2 Å². The number of nitrogens with two attached hydrogens (primary N) is 1. The quantitative estimate of drug-likeness (QED) is 0.539. The Morgan fingerprint density at radius 2 is 1.82 bits per heavy atom. The van der Waals surface area contributed by atoms with Crippen molar-refractivity contribution in [1.82, 2.24) is 0 Å². The molecule has 0 aliphatic rings. The van der Waals surface area contributed by atoms with E-state index >= 15 is 0 Å². The molecule has 0 saturated carbocycles. The molecule has 2 aromatic rings. The van der Waals surface area contributed by atoms with E-state index in [0.29, 0.717) is 0 Å². The van der Waals surface area contributed by atoms with Gasteiger partial charge in [-0.2, -0.15) is 11.3 Å². The van der Waals surface area contributed by atoms with Gasteiger partial charge in [0.2, 0.25) is 0 Å². The second kappa shape index (κ2) is 13.4. The van der Waals surface area contributed by atoms with Crippen LogP contribution in [0.1, 0.15) is 32.8 Å². The van der Waals surface area contributed by atoms with E-state index in [2.05, 4.69) is 54.4 Å². The number of hydrogen-bond acceptors (Lipinski definition) is 4. The Balaban J connectivity index is 0.000000640. The molecule has 2 nitrogen and oxygen atoms in total. The van der Waals surface area contributed by atoms with E-state index in [4.69, 9.17) is 5.14 Å².